The van der Waals surface area contributed by atoms with Crippen LogP contribution in [-0.4, -0.2) is 42.7 Å². The largest absolute Gasteiger partial charge is 0.367 e. The van der Waals surface area contributed by atoms with E-state index in [1.54, 1.807) is 11.8 Å². The van der Waals surface area contributed by atoms with Crippen LogP contribution in [0.5, 0.6) is 0 Å². The molecule has 0 spiro atoms. The summed E-state index contributed by atoms with van der Waals surface area (Å²) in [6, 6.07) is 18.1. The van der Waals surface area contributed by atoms with Gasteiger partial charge in [-0.2, -0.15) is 0 Å². The fourth-order valence-corrected chi connectivity index (χ4v) is 3.95. The molecule has 1 aliphatic rings. The minimum Gasteiger partial charge on any atom is -0.367 e. The number of thioether (sulfide) groups is 1. The van der Waals surface area contributed by atoms with Gasteiger partial charge in [0.25, 0.3) is 0 Å². The molecule has 5 heteroatoms. The molecule has 1 fully saturated rings. The SMILES string of the molecule is O=C(CCSc1ccccc1)N1CCN(c2ccccc2Cl)CC1. The van der Waals surface area contributed by atoms with Crippen molar-refractivity contribution in [3.8, 4) is 0 Å². The van der Waals surface area contributed by atoms with Gasteiger partial charge in [0.2, 0.25) is 5.91 Å². The molecule has 0 aromatic heterocycles. The maximum Gasteiger partial charge on any atom is 0.223 e. The first-order valence-corrected chi connectivity index (χ1v) is 9.55. The first-order valence-electron chi connectivity index (χ1n) is 8.19. The van der Waals surface area contributed by atoms with Gasteiger partial charge in [-0.3, -0.25) is 4.79 Å². The number of anilines is 1. The molecule has 1 heterocycles. The monoisotopic (exact) mass is 360 g/mol. The summed E-state index contributed by atoms with van der Waals surface area (Å²) in [6.07, 6.45) is 0.589. The Kier molecular flexibility index (Phi) is 6.05. The Morgan fingerprint density at radius 1 is 0.958 bits per heavy atom. The molecule has 2 aromatic carbocycles. The molecule has 3 rings (SSSR count). The highest BCUT2D eigenvalue weighted by Gasteiger charge is 2.21. The summed E-state index contributed by atoms with van der Waals surface area (Å²) < 4.78 is 0. The molecule has 0 aliphatic carbocycles. The number of amides is 1. The number of rotatable bonds is 5. The minimum absolute atomic E-state index is 0.247. The van der Waals surface area contributed by atoms with Crippen molar-refractivity contribution in [2.75, 3.05) is 36.8 Å². The second-order valence-corrected chi connectivity index (χ2v) is 7.31. The highest BCUT2D eigenvalue weighted by Crippen LogP contribution is 2.26. The Bertz CT molecular complexity index is 672. The highest BCUT2D eigenvalue weighted by atomic mass is 35.5. The van der Waals surface area contributed by atoms with Gasteiger partial charge >= 0.3 is 0 Å². The van der Waals surface area contributed by atoms with Gasteiger partial charge in [-0.05, 0) is 24.3 Å². The molecule has 1 amide bonds. The van der Waals surface area contributed by atoms with E-state index in [4.69, 9.17) is 11.6 Å². The van der Waals surface area contributed by atoms with Gasteiger partial charge in [0.15, 0.2) is 0 Å². The topological polar surface area (TPSA) is 23.6 Å². The second kappa shape index (κ2) is 8.45. The molecule has 0 N–H and O–H groups in total. The average Bonchev–Trinajstić information content (AvgIpc) is 2.63. The number of halogens is 1. The molecule has 126 valence electrons. The zero-order valence-corrected chi connectivity index (χ0v) is 15.1. The van der Waals surface area contributed by atoms with Gasteiger partial charge in [-0.15, -0.1) is 11.8 Å². The summed E-state index contributed by atoms with van der Waals surface area (Å²) in [6.45, 7) is 3.20. The van der Waals surface area contributed by atoms with Crippen LogP contribution in [0, 0.1) is 0 Å². The summed E-state index contributed by atoms with van der Waals surface area (Å²) in [7, 11) is 0. The average molecular weight is 361 g/mol. The third-order valence-corrected chi connectivity index (χ3v) is 5.49. The Morgan fingerprint density at radius 3 is 2.33 bits per heavy atom. The number of benzene rings is 2. The van der Waals surface area contributed by atoms with Gasteiger partial charge in [0.1, 0.15) is 0 Å². The van der Waals surface area contributed by atoms with E-state index < -0.39 is 0 Å². The van der Waals surface area contributed by atoms with Gasteiger partial charge in [0, 0.05) is 43.2 Å². The van der Waals surface area contributed by atoms with E-state index in [0.717, 1.165) is 42.6 Å². The molecule has 0 bridgehead atoms. The Morgan fingerprint density at radius 2 is 1.62 bits per heavy atom. The van der Waals surface area contributed by atoms with Crippen molar-refractivity contribution in [1.29, 1.82) is 0 Å². The number of piperazine rings is 1. The second-order valence-electron chi connectivity index (χ2n) is 5.73. The number of nitrogens with zero attached hydrogens (tertiary/aromatic N) is 2. The van der Waals surface area contributed by atoms with E-state index in [-0.39, 0.29) is 5.91 Å². The molecule has 0 atom stereocenters. The summed E-state index contributed by atoms with van der Waals surface area (Å²) >= 11 is 8.00. The molecular weight excluding hydrogens is 340 g/mol. The fourth-order valence-electron chi connectivity index (χ4n) is 2.84. The zero-order chi connectivity index (χ0) is 16.8. The predicted molar refractivity (Wildman–Crippen MR) is 102 cm³/mol. The van der Waals surface area contributed by atoms with Gasteiger partial charge in [0.05, 0.1) is 10.7 Å². The van der Waals surface area contributed by atoms with E-state index in [1.165, 1.54) is 4.90 Å². The number of hydrogen-bond donors (Lipinski definition) is 0. The lowest BCUT2D eigenvalue weighted by molar-refractivity contribution is -0.131. The highest BCUT2D eigenvalue weighted by molar-refractivity contribution is 7.99. The van der Waals surface area contributed by atoms with Crippen LogP contribution < -0.4 is 4.90 Å². The van der Waals surface area contributed by atoms with Crippen LogP contribution in [0.25, 0.3) is 0 Å². The quantitative estimate of drug-likeness (QED) is 0.747. The maximum atomic E-state index is 12.4. The van der Waals surface area contributed by atoms with E-state index in [9.17, 15) is 4.79 Å². The fraction of sp³-hybridized carbons (Fsp3) is 0.316. The van der Waals surface area contributed by atoms with Gasteiger partial charge in [-0.1, -0.05) is 41.9 Å². The lowest BCUT2D eigenvalue weighted by Crippen LogP contribution is -2.49. The van der Waals surface area contributed by atoms with Crippen molar-refractivity contribution in [3.63, 3.8) is 0 Å². The summed E-state index contributed by atoms with van der Waals surface area (Å²) in [5.41, 5.74) is 1.06. The third kappa shape index (κ3) is 4.46. The van der Waals surface area contributed by atoms with Crippen LogP contribution in [0.15, 0.2) is 59.5 Å². The Labute approximate surface area is 152 Å². The Balaban J connectivity index is 1.44. The summed E-state index contributed by atoms with van der Waals surface area (Å²) in [5, 5.41) is 0.775. The van der Waals surface area contributed by atoms with Crippen LogP contribution in [0.1, 0.15) is 6.42 Å². The number of carbonyl (C=O) groups is 1. The first kappa shape index (κ1) is 17.2. The molecule has 24 heavy (non-hydrogen) atoms. The van der Waals surface area contributed by atoms with E-state index in [2.05, 4.69) is 17.0 Å². The molecule has 2 aromatic rings. The lowest BCUT2D eigenvalue weighted by atomic mass is 10.2. The molecule has 0 unspecified atom stereocenters. The standard InChI is InChI=1S/C19H21ClN2OS/c20-17-8-4-5-9-18(17)21-11-13-22(14-12-21)19(23)10-15-24-16-6-2-1-3-7-16/h1-9H,10-15H2. The maximum absolute atomic E-state index is 12.4. The molecule has 0 radical (unpaired) electrons. The van der Waals surface area contributed by atoms with Crippen LogP contribution >= 0.6 is 23.4 Å². The molecular formula is C19H21ClN2OS. The number of para-hydroxylation sites is 1. The summed E-state index contributed by atoms with van der Waals surface area (Å²) in [5.74, 6) is 1.07. The van der Waals surface area contributed by atoms with Crippen LogP contribution in [-0.2, 0) is 4.79 Å². The van der Waals surface area contributed by atoms with E-state index in [0.29, 0.717) is 6.42 Å². The zero-order valence-electron chi connectivity index (χ0n) is 13.5. The molecule has 3 nitrogen and oxygen atoms in total. The number of hydrogen-bond acceptors (Lipinski definition) is 3. The van der Waals surface area contributed by atoms with Crippen molar-refractivity contribution in [2.45, 2.75) is 11.3 Å². The first-order chi connectivity index (χ1) is 11.7. The van der Waals surface area contributed by atoms with Crippen molar-refractivity contribution >= 4 is 35.0 Å². The van der Waals surface area contributed by atoms with Crippen LogP contribution in [0.3, 0.4) is 0 Å². The lowest BCUT2D eigenvalue weighted by Gasteiger charge is -2.36. The smallest absolute Gasteiger partial charge is 0.223 e. The van der Waals surface area contributed by atoms with Gasteiger partial charge < -0.3 is 9.80 Å². The third-order valence-electron chi connectivity index (χ3n) is 4.15. The van der Waals surface area contributed by atoms with Crippen LogP contribution in [0.4, 0.5) is 5.69 Å². The minimum atomic E-state index is 0.247. The number of carbonyl (C=O) groups excluding carboxylic acids is 1. The van der Waals surface area contributed by atoms with Crippen molar-refractivity contribution < 1.29 is 4.79 Å². The predicted octanol–water partition coefficient (Wildman–Crippen LogP) is 4.17. The van der Waals surface area contributed by atoms with Gasteiger partial charge in [-0.25, -0.2) is 0 Å². The molecule has 0 saturated carbocycles. The molecule has 1 aliphatic heterocycles. The van der Waals surface area contributed by atoms with Crippen molar-refractivity contribution in [2.24, 2.45) is 0 Å². The van der Waals surface area contributed by atoms with Crippen LogP contribution in [0.2, 0.25) is 5.02 Å². The van der Waals surface area contributed by atoms with Crippen molar-refractivity contribution in [3.05, 3.63) is 59.6 Å². The van der Waals surface area contributed by atoms with Crippen molar-refractivity contribution in [1.82, 2.24) is 4.90 Å². The summed E-state index contributed by atoms with van der Waals surface area (Å²) in [4.78, 5) is 17.8. The molecule has 1 saturated heterocycles. The Hall–Kier alpha value is -1.65. The normalized spacial score (nSPS) is 14.7. The van der Waals surface area contributed by atoms with E-state index in [1.807, 2.05) is 47.4 Å². The van der Waals surface area contributed by atoms with E-state index >= 15 is 0 Å².